The lowest BCUT2D eigenvalue weighted by atomic mass is 9.95. The number of halogens is 2. The third-order valence-electron chi connectivity index (χ3n) is 6.88. The quantitative estimate of drug-likeness (QED) is 0.413. The maximum Gasteiger partial charge on any atom is 0.243 e. The Morgan fingerprint density at radius 2 is 1.71 bits per heavy atom. The number of benzene rings is 2. The zero-order chi connectivity index (χ0) is 27.7. The molecule has 1 atom stereocenters. The molecule has 3 rings (SSSR count). The van der Waals surface area contributed by atoms with Crippen molar-refractivity contribution in [3.8, 4) is 0 Å². The van der Waals surface area contributed by atoms with Gasteiger partial charge in [0.25, 0.3) is 0 Å². The molecule has 1 aliphatic carbocycles. The lowest BCUT2D eigenvalue weighted by Gasteiger charge is -2.33. The van der Waals surface area contributed by atoms with Gasteiger partial charge in [-0.2, -0.15) is 0 Å². The van der Waals surface area contributed by atoms with E-state index in [1.807, 2.05) is 37.3 Å². The summed E-state index contributed by atoms with van der Waals surface area (Å²) in [6.07, 6.45) is 6.69. The van der Waals surface area contributed by atoms with Gasteiger partial charge in [-0.15, -0.1) is 0 Å². The summed E-state index contributed by atoms with van der Waals surface area (Å²) in [4.78, 5) is 28.3. The van der Waals surface area contributed by atoms with Crippen LogP contribution in [0.3, 0.4) is 0 Å². The Kier molecular flexibility index (Phi) is 10.6. The van der Waals surface area contributed by atoms with Crippen LogP contribution in [0.2, 0.25) is 0 Å². The molecule has 2 aromatic rings. The molecule has 10 heteroatoms. The van der Waals surface area contributed by atoms with Gasteiger partial charge in [0.05, 0.1) is 11.9 Å². The first-order valence-electron chi connectivity index (χ1n) is 13.2. The van der Waals surface area contributed by atoms with Gasteiger partial charge in [-0.3, -0.25) is 13.9 Å². The van der Waals surface area contributed by atoms with Crippen molar-refractivity contribution in [1.29, 1.82) is 0 Å². The molecule has 7 nitrogen and oxygen atoms in total. The highest BCUT2D eigenvalue weighted by Gasteiger charge is 2.30. The number of carbonyl (C=O) groups is 2. The Bertz CT molecular complexity index is 1190. The van der Waals surface area contributed by atoms with E-state index >= 15 is 0 Å². The highest BCUT2D eigenvalue weighted by molar-refractivity contribution is 7.92. The van der Waals surface area contributed by atoms with Gasteiger partial charge >= 0.3 is 0 Å². The van der Waals surface area contributed by atoms with Gasteiger partial charge < -0.3 is 10.2 Å². The number of anilines is 1. The summed E-state index contributed by atoms with van der Waals surface area (Å²) in [5, 5.41) is 3.13. The average molecular weight is 550 g/mol. The van der Waals surface area contributed by atoms with E-state index in [4.69, 9.17) is 0 Å². The van der Waals surface area contributed by atoms with Crippen molar-refractivity contribution in [3.05, 3.63) is 65.7 Å². The second-order valence-corrected chi connectivity index (χ2v) is 11.7. The standard InChI is InChI=1S/C28H37F2N3O4S/c1-3-26(28(35)31-22-13-8-5-9-14-22)32(20-21-11-6-4-7-12-21)27(34)15-10-18-33(38(2,36)37)23-16-17-24(29)25(30)19-23/h4,6-7,11-12,16-17,19,22,26H,3,5,8-10,13-15,18,20H2,1-2H3,(H,31,35)/t26-/m1/s1. The number of rotatable bonds is 12. The van der Waals surface area contributed by atoms with Crippen molar-refractivity contribution in [2.24, 2.45) is 0 Å². The van der Waals surface area contributed by atoms with E-state index < -0.39 is 27.7 Å². The Morgan fingerprint density at radius 1 is 1.03 bits per heavy atom. The number of hydrogen-bond donors (Lipinski definition) is 1. The highest BCUT2D eigenvalue weighted by Crippen LogP contribution is 2.22. The van der Waals surface area contributed by atoms with Gasteiger partial charge in [0.15, 0.2) is 11.6 Å². The van der Waals surface area contributed by atoms with Crippen LogP contribution in [0.1, 0.15) is 63.9 Å². The van der Waals surface area contributed by atoms with Crippen LogP contribution in [0, 0.1) is 11.6 Å². The second-order valence-electron chi connectivity index (χ2n) is 9.81. The normalized spacial score (nSPS) is 15.1. The topological polar surface area (TPSA) is 86.8 Å². The van der Waals surface area contributed by atoms with Crippen LogP contribution in [0.4, 0.5) is 14.5 Å². The summed E-state index contributed by atoms with van der Waals surface area (Å²) in [6.45, 7) is 2.01. The van der Waals surface area contributed by atoms with Crippen molar-refractivity contribution in [2.45, 2.75) is 76.9 Å². The monoisotopic (exact) mass is 549 g/mol. The molecule has 38 heavy (non-hydrogen) atoms. The number of hydrogen-bond acceptors (Lipinski definition) is 4. The van der Waals surface area contributed by atoms with Crippen LogP contribution in [0.25, 0.3) is 0 Å². The minimum absolute atomic E-state index is 0.0155. The molecule has 0 aromatic heterocycles. The molecule has 0 bridgehead atoms. The first-order chi connectivity index (χ1) is 18.1. The lowest BCUT2D eigenvalue weighted by Crippen LogP contribution is -2.51. The molecule has 2 aromatic carbocycles. The third-order valence-corrected chi connectivity index (χ3v) is 8.07. The van der Waals surface area contributed by atoms with E-state index in [0.717, 1.165) is 60.4 Å². The maximum absolute atomic E-state index is 13.8. The SMILES string of the molecule is CC[C@H](C(=O)NC1CCCCC1)N(Cc1ccccc1)C(=O)CCCN(c1ccc(F)c(F)c1)S(C)(=O)=O. The molecule has 2 amide bonds. The zero-order valence-electron chi connectivity index (χ0n) is 22.0. The van der Waals surface area contributed by atoms with E-state index in [0.29, 0.717) is 6.42 Å². The summed E-state index contributed by atoms with van der Waals surface area (Å²) >= 11 is 0. The summed E-state index contributed by atoms with van der Waals surface area (Å²) in [5.74, 6) is -2.69. The number of nitrogens with zero attached hydrogens (tertiary/aromatic N) is 2. The lowest BCUT2D eigenvalue weighted by molar-refractivity contribution is -0.141. The molecule has 208 valence electrons. The predicted octanol–water partition coefficient (Wildman–Crippen LogP) is 4.77. The van der Waals surface area contributed by atoms with E-state index in [1.54, 1.807) is 4.90 Å². The molecule has 1 aliphatic rings. The van der Waals surface area contributed by atoms with Crippen LogP contribution in [-0.2, 0) is 26.2 Å². The van der Waals surface area contributed by atoms with Crippen molar-refractivity contribution in [2.75, 3.05) is 17.1 Å². The third kappa shape index (κ3) is 8.24. The Labute approximate surface area is 224 Å². The van der Waals surface area contributed by atoms with Crippen LogP contribution in [-0.4, -0.2) is 50.0 Å². The van der Waals surface area contributed by atoms with Gasteiger partial charge in [-0.1, -0.05) is 56.5 Å². The van der Waals surface area contributed by atoms with Gasteiger partial charge in [-0.05, 0) is 43.4 Å². The average Bonchev–Trinajstić information content (AvgIpc) is 2.88. The fourth-order valence-corrected chi connectivity index (χ4v) is 5.85. The first kappa shape index (κ1) is 29.5. The van der Waals surface area contributed by atoms with Gasteiger partial charge in [-0.25, -0.2) is 17.2 Å². The van der Waals surface area contributed by atoms with Crippen molar-refractivity contribution < 1.29 is 26.8 Å². The smallest absolute Gasteiger partial charge is 0.243 e. The fourth-order valence-electron chi connectivity index (χ4n) is 4.89. The minimum atomic E-state index is -3.81. The second kappa shape index (κ2) is 13.7. The number of nitrogens with one attached hydrogen (secondary N) is 1. The molecule has 0 saturated heterocycles. The Morgan fingerprint density at radius 3 is 2.32 bits per heavy atom. The molecule has 0 unspecified atom stereocenters. The van der Waals surface area contributed by atoms with Crippen LogP contribution in [0.5, 0.6) is 0 Å². The highest BCUT2D eigenvalue weighted by atomic mass is 32.2. The van der Waals surface area contributed by atoms with E-state index in [1.165, 1.54) is 6.07 Å². The van der Waals surface area contributed by atoms with Crippen molar-refractivity contribution in [3.63, 3.8) is 0 Å². The Balaban J connectivity index is 1.74. The predicted molar refractivity (Wildman–Crippen MR) is 144 cm³/mol. The molecule has 0 heterocycles. The molecule has 0 spiro atoms. The summed E-state index contributed by atoms with van der Waals surface area (Å²) in [7, 11) is -3.81. The number of carbonyl (C=O) groups excluding carboxylic acids is 2. The van der Waals surface area contributed by atoms with Crippen LogP contribution >= 0.6 is 0 Å². The largest absolute Gasteiger partial charge is 0.352 e. The summed E-state index contributed by atoms with van der Waals surface area (Å²) in [5.41, 5.74) is 0.864. The van der Waals surface area contributed by atoms with E-state index in [-0.39, 0.29) is 49.5 Å². The van der Waals surface area contributed by atoms with E-state index in [2.05, 4.69) is 5.32 Å². The molecule has 1 fully saturated rings. The molecule has 0 radical (unpaired) electrons. The Hall–Kier alpha value is -3.01. The maximum atomic E-state index is 13.8. The van der Waals surface area contributed by atoms with Gasteiger partial charge in [0.1, 0.15) is 6.04 Å². The van der Waals surface area contributed by atoms with Crippen LogP contribution < -0.4 is 9.62 Å². The van der Waals surface area contributed by atoms with Crippen molar-refractivity contribution >= 4 is 27.5 Å². The molecule has 1 saturated carbocycles. The molecular weight excluding hydrogens is 512 g/mol. The summed E-state index contributed by atoms with van der Waals surface area (Å²) in [6, 6.07) is 11.7. The molecule has 1 N–H and O–H groups in total. The van der Waals surface area contributed by atoms with E-state index in [9.17, 15) is 26.8 Å². The fraction of sp³-hybridized carbons (Fsp3) is 0.500. The van der Waals surface area contributed by atoms with Gasteiger partial charge in [0.2, 0.25) is 21.8 Å². The van der Waals surface area contributed by atoms with Crippen molar-refractivity contribution in [1.82, 2.24) is 10.2 Å². The van der Waals surface area contributed by atoms with Gasteiger partial charge in [0, 0.05) is 31.6 Å². The minimum Gasteiger partial charge on any atom is -0.352 e. The molecular formula is C28H37F2N3O4S. The number of amides is 2. The first-order valence-corrected chi connectivity index (χ1v) is 15.0. The van der Waals surface area contributed by atoms with Crippen LogP contribution in [0.15, 0.2) is 48.5 Å². The number of sulfonamides is 1. The summed E-state index contributed by atoms with van der Waals surface area (Å²) < 4.78 is 52.9. The molecule has 0 aliphatic heterocycles. The zero-order valence-corrected chi connectivity index (χ0v) is 22.9.